The molecule has 1 atom stereocenters. The molecular formula is C30H30ClN7O3. The van der Waals surface area contributed by atoms with Crippen LogP contribution in [0.4, 0.5) is 11.6 Å². The first-order valence-corrected chi connectivity index (χ1v) is 13.9. The predicted molar refractivity (Wildman–Crippen MR) is 160 cm³/mol. The lowest BCUT2D eigenvalue weighted by Crippen LogP contribution is -2.56. The van der Waals surface area contributed by atoms with Crippen LogP contribution in [0.1, 0.15) is 31.0 Å². The standard InChI is InChI=1S/C30H30ClN7O3/c1-5-22(39)36-11-12-37-18(14-36)15-41-27-23-21(13-20(24(27)31)19-7-6-9-34-28(19)32)38(30(40)35-29(23)37)26-17(4)8-10-33-25(26)16(2)3/h5-10,13,16,18H,1,11-12,14-15H2,2-4H3,(H2,32,34)/t18-/m0/s1. The molecule has 1 saturated heterocycles. The molecule has 0 aliphatic carbocycles. The van der Waals surface area contributed by atoms with Crippen molar-refractivity contribution < 1.29 is 9.53 Å². The van der Waals surface area contributed by atoms with E-state index in [0.717, 1.165) is 11.3 Å². The van der Waals surface area contributed by atoms with Crippen molar-refractivity contribution in [2.45, 2.75) is 32.7 Å². The third-order valence-electron chi connectivity index (χ3n) is 7.77. The lowest BCUT2D eigenvalue weighted by molar-refractivity contribution is -0.126. The van der Waals surface area contributed by atoms with Gasteiger partial charge in [-0.2, -0.15) is 4.98 Å². The number of nitrogens with two attached hydrogens (primary N) is 1. The SMILES string of the molecule is C=CC(=O)N1CCN2c3nc(=O)n(-c4c(C)ccnc4C(C)C)c4cc(-c5cccnc5N)c(Cl)c(c34)OC[C@@H]2C1. The number of anilines is 2. The summed E-state index contributed by atoms with van der Waals surface area (Å²) >= 11 is 7.09. The molecule has 3 aromatic heterocycles. The third kappa shape index (κ3) is 4.30. The summed E-state index contributed by atoms with van der Waals surface area (Å²) in [6, 6.07) is 7.10. The van der Waals surface area contributed by atoms with E-state index in [2.05, 4.69) is 21.5 Å². The maximum absolute atomic E-state index is 14.1. The van der Waals surface area contributed by atoms with Crippen molar-refractivity contribution in [3.63, 3.8) is 0 Å². The second-order valence-electron chi connectivity index (χ2n) is 10.6. The minimum Gasteiger partial charge on any atom is -0.489 e. The molecule has 0 radical (unpaired) electrons. The van der Waals surface area contributed by atoms with E-state index in [1.807, 2.05) is 43.9 Å². The van der Waals surface area contributed by atoms with Gasteiger partial charge < -0.3 is 20.3 Å². The molecule has 0 saturated carbocycles. The summed E-state index contributed by atoms with van der Waals surface area (Å²) in [6.07, 6.45) is 4.67. The van der Waals surface area contributed by atoms with Gasteiger partial charge in [-0.25, -0.2) is 9.78 Å². The van der Waals surface area contributed by atoms with Crippen molar-refractivity contribution in [1.82, 2.24) is 24.4 Å². The lowest BCUT2D eigenvalue weighted by atomic mass is 10.0. The number of aryl methyl sites for hydroxylation is 1. The summed E-state index contributed by atoms with van der Waals surface area (Å²) in [5.74, 6) is 1.07. The van der Waals surface area contributed by atoms with E-state index < -0.39 is 5.69 Å². The largest absolute Gasteiger partial charge is 0.489 e. The quantitative estimate of drug-likeness (QED) is 0.364. The number of carbonyl (C=O) groups is 1. The monoisotopic (exact) mass is 571 g/mol. The Bertz CT molecular complexity index is 1780. The summed E-state index contributed by atoms with van der Waals surface area (Å²) in [5.41, 5.74) is 9.94. The lowest BCUT2D eigenvalue weighted by Gasteiger charge is -2.40. The van der Waals surface area contributed by atoms with E-state index in [4.69, 9.17) is 22.1 Å². The molecule has 11 heteroatoms. The van der Waals surface area contributed by atoms with Gasteiger partial charge in [-0.15, -0.1) is 0 Å². The average molecular weight is 572 g/mol. The van der Waals surface area contributed by atoms with Gasteiger partial charge in [-0.1, -0.05) is 32.0 Å². The number of halogens is 1. The van der Waals surface area contributed by atoms with Crippen molar-refractivity contribution in [3.05, 3.63) is 76.1 Å². The third-order valence-corrected chi connectivity index (χ3v) is 8.15. The molecule has 5 heterocycles. The number of nitrogens with zero attached hydrogens (tertiary/aromatic N) is 6. The number of pyridine rings is 2. The zero-order valence-electron chi connectivity index (χ0n) is 23.1. The van der Waals surface area contributed by atoms with Crippen molar-refractivity contribution in [2.75, 3.05) is 36.9 Å². The van der Waals surface area contributed by atoms with Crippen LogP contribution >= 0.6 is 11.6 Å². The van der Waals surface area contributed by atoms with Gasteiger partial charge in [-0.05, 0) is 48.7 Å². The predicted octanol–water partition coefficient (Wildman–Crippen LogP) is 4.11. The number of hydrogen-bond acceptors (Lipinski definition) is 8. The zero-order chi connectivity index (χ0) is 29.0. The Kier molecular flexibility index (Phi) is 6.65. The van der Waals surface area contributed by atoms with Crippen LogP contribution in [0.3, 0.4) is 0 Å². The second kappa shape index (κ2) is 10.2. The maximum Gasteiger partial charge on any atom is 0.354 e. The van der Waals surface area contributed by atoms with Gasteiger partial charge in [0.15, 0.2) is 5.75 Å². The number of aromatic nitrogens is 4. The van der Waals surface area contributed by atoms with Gasteiger partial charge in [0.25, 0.3) is 0 Å². The number of piperazine rings is 1. The first kappa shape index (κ1) is 26.8. The Hall–Kier alpha value is -4.44. The molecular weight excluding hydrogens is 542 g/mol. The number of fused-ring (bicyclic) bond motifs is 2. The normalized spacial score (nSPS) is 16.4. The van der Waals surface area contributed by atoms with Crippen LogP contribution in [0.15, 0.2) is 54.1 Å². The highest BCUT2D eigenvalue weighted by Gasteiger charge is 2.36. The Morgan fingerprint density at radius 2 is 2.02 bits per heavy atom. The molecule has 210 valence electrons. The van der Waals surface area contributed by atoms with Crippen molar-refractivity contribution in [1.29, 1.82) is 0 Å². The van der Waals surface area contributed by atoms with Crippen LogP contribution in [-0.2, 0) is 4.79 Å². The van der Waals surface area contributed by atoms with E-state index >= 15 is 0 Å². The molecule has 1 amide bonds. The minimum atomic E-state index is -0.450. The minimum absolute atomic E-state index is 0.0403. The molecule has 1 fully saturated rings. The number of benzene rings is 1. The maximum atomic E-state index is 14.1. The Morgan fingerprint density at radius 1 is 1.22 bits per heavy atom. The van der Waals surface area contributed by atoms with E-state index in [0.29, 0.717) is 69.8 Å². The number of ether oxygens (including phenoxy) is 1. The number of rotatable bonds is 4. The first-order valence-electron chi connectivity index (χ1n) is 13.5. The summed E-state index contributed by atoms with van der Waals surface area (Å²) in [7, 11) is 0. The van der Waals surface area contributed by atoms with Crippen molar-refractivity contribution in [3.8, 4) is 22.6 Å². The Balaban J connectivity index is 1.70. The fourth-order valence-electron chi connectivity index (χ4n) is 5.78. The molecule has 0 spiro atoms. The fraction of sp³-hybridized carbons (Fsp3) is 0.300. The highest BCUT2D eigenvalue weighted by Crippen LogP contribution is 2.47. The van der Waals surface area contributed by atoms with Crippen molar-refractivity contribution in [2.24, 2.45) is 0 Å². The summed E-state index contributed by atoms with van der Waals surface area (Å²) < 4.78 is 8.06. The van der Waals surface area contributed by atoms with Crippen molar-refractivity contribution >= 4 is 40.0 Å². The summed E-state index contributed by atoms with van der Waals surface area (Å²) in [4.78, 5) is 43.8. The number of hydrogen-bond donors (Lipinski definition) is 1. The molecule has 10 nitrogen and oxygen atoms in total. The molecule has 41 heavy (non-hydrogen) atoms. The molecule has 2 aliphatic heterocycles. The number of amides is 1. The Labute approximate surface area is 242 Å². The topological polar surface area (TPSA) is 119 Å². The van der Waals surface area contributed by atoms with E-state index in [-0.39, 0.29) is 24.5 Å². The van der Waals surface area contributed by atoms with Crippen LogP contribution < -0.4 is 21.1 Å². The first-order chi connectivity index (χ1) is 19.7. The van der Waals surface area contributed by atoms with E-state index in [1.54, 1.807) is 27.9 Å². The molecule has 6 rings (SSSR count). The molecule has 2 N–H and O–H groups in total. The van der Waals surface area contributed by atoms with Crippen LogP contribution in [0.5, 0.6) is 5.75 Å². The molecule has 1 aromatic carbocycles. The smallest absolute Gasteiger partial charge is 0.354 e. The van der Waals surface area contributed by atoms with Crippen LogP contribution in [-0.4, -0.2) is 62.6 Å². The molecule has 4 aromatic rings. The highest BCUT2D eigenvalue weighted by atomic mass is 35.5. The van der Waals surface area contributed by atoms with E-state index in [1.165, 1.54) is 6.08 Å². The molecule has 0 bridgehead atoms. The molecule has 2 aliphatic rings. The van der Waals surface area contributed by atoms with Gasteiger partial charge in [0, 0.05) is 43.2 Å². The summed E-state index contributed by atoms with van der Waals surface area (Å²) in [6.45, 7) is 11.2. The van der Waals surface area contributed by atoms with Gasteiger partial charge in [-0.3, -0.25) is 14.3 Å². The van der Waals surface area contributed by atoms with Crippen LogP contribution in [0.25, 0.3) is 27.7 Å². The van der Waals surface area contributed by atoms with Gasteiger partial charge in [0.2, 0.25) is 5.91 Å². The number of carbonyl (C=O) groups excluding carboxylic acids is 1. The number of nitrogen functional groups attached to an aromatic ring is 1. The molecule has 0 unspecified atom stereocenters. The summed E-state index contributed by atoms with van der Waals surface area (Å²) in [5, 5.41) is 0.959. The average Bonchev–Trinajstić information content (AvgIpc) is 3.12. The Morgan fingerprint density at radius 3 is 2.76 bits per heavy atom. The second-order valence-corrected chi connectivity index (χ2v) is 11.0. The van der Waals surface area contributed by atoms with E-state index in [9.17, 15) is 9.59 Å². The van der Waals surface area contributed by atoms with Crippen LogP contribution in [0.2, 0.25) is 5.02 Å². The van der Waals surface area contributed by atoms with Gasteiger partial charge >= 0.3 is 5.69 Å². The van der Waals surface area contributed by atoms with Gasteiger partial charge in [0.1, 0.15) is 18.2 Å². The highest BCUT2D eigenvalue weighted by molar-refractivity contribution is 6.36. The van der Waals surface area contributed by atoms with Crippen LogP contribution in [0, 0.1) is 6.92 Å². The fourth-order valence-corrected chi connectivity index (χ4v) is 6.09. The van der Waals surface area contributed by atoms with Gasteiger partial charge in [0.05, 0.1) is 33.3 Å². The zero-order valence-corrected chi connectivity index (χ0v) is 23.9.